The first-order valence-corrected chi connectivity index (χ1v) is 10.3. The van der Waals surface area contributed by atoms with E-state index in [2.05, 4.69) is 28.6 Å². The molecule has 0 spiro atoms. The molecular formula is C23H27N4O2+. The zero-order chi connectivity index (χ0) is 20.2. The van der Waals surface area contributed by atoms with Gasteiger partial charge in [0.1, 0.15) is 6.54 Å². The second-order valence-corrected chi connectivity index (χ2v) is 7.76. The van der Waals surface area contributed by atoms with Crippen LogP contribution in [0.5, 0.6) is 0 Å². The lowest BCUT2D eigenvalue weighted by atomic mass is 10.0. The van der Waals surface area contributed by atoms with Gasteiger partial charge in [0.15, 0.2) is 5.69 Å². The molecule has 0 aliphatic carbocycles. The van der Waals surface area contributed by atoms with E-state index in [1.165, 1.54) is 42.6 Å². The molecule has 1 aliphatic heterocycles. The number of fused-ring (bicyclic) bond motifs is 1. The van der Waals surface area contributed by atoms with Crippen molar-refractivity contribution in [3.05, 3.63) is 75.7 Å². The molecule has 2 heterocycles. The zero-order valence-electron chi connectivity index (χ0n) is 16.8. The van der Waals surface area contributed by atoms with Gasteiger partial charge in [-0.15, -0.1) is 0 Å². The fourth-order valence-corrected chi connectivity index (χ4v) is 4.13. The lowest BCUT2D eigenvalue weighted by molar-refractivity contribution is -0.918. The van der Waals surface area contributed by atoms with Crippen molar-refractivity contribution in [2.45, 2.75) is 32.4 Å². The van der Waals surface area contributed by atoms with Crippen molar-refractivity contribution < 1.29 is 9.69 Å². The molecule has 1 aromatic heterocycles. The van der Waals surface area contributed by atoms with Crippen LogP contribution in [0.3, 0.4) is 0 Å². The van der Waals surface area contributed by atoms with Crippen molar-refractivity contribution in [1.29, 1.82) is 0 Å². The number of benzene rings is 2. The number of nitrogens with one attached hydrogen (secondary N) is 2. The molecule has 29 heavy (non-hydrogen) atoms. The van der Waals surface area contributed by atoms with Gasteiger partial charge in [0, 0.05) is 24.5 Å². The van der Waals surface area contributed by atoms with Gasteiger partial charge in [0.2, 0.25) is 0 Å². The van der Waals surface area contributed by atoms with E-state index in [1.54, 1.807) is 30.1 Å². The van der Waals surface area contributed by atoms with E-state index in [4.69, 9.17) is 0 Å². The number of carbonyl (C=O) groups is 1. The number of hydrogen-bond acceptors (Lipinski definition) is 3. The Balaban J connectivity index is 1.53. The molecule has 1 fully saturated rings. The monoisotopic (exact) mass is 391 g/mol. The molecule has 1 aliphatic rings. The second kappa shape index (κ2) is 8.57. The molecule has 0 unspecified atom stereocenters. The number of aryl methyl sites for hydroxylation is 1. The van der Waals surface area contributed by atoms with Crippen LogP contribution in [0, 0.1) is 0 Å². The number of quaternary nitrogens is 1. The molecule has 0 atom stereocenters. The minimum Gasteiger partial charge on any atom is -0.347 e. The van der Waals surface area contributed by atoms with Crippen molar-refractivity contribution in [2.75, 3.05) is 13.1 Å². The third kappa shape index (κ3) is 4.22. The largest absolute Gasteiger partial charge is 0.347 e. The van der Waals surface area contributed by atoms with Crippen molar-refractivity contribution in [2.24, 2.45) is 7.05 Å². The van der Waals surface area contributed by atoms with Crippen LogP contribution in [-0.2, 0) is 20.1 Å². The lowest BCUT2D eigenvalue weighted by Gasteiger charge is -2.24. The Morgan fingerprint density at radius 3 is 2.41 bits per heavy atom. The summed E-state index contributed by atoms with van der Waals surface area (Å²) in [6.07, 6.45) is 3.92. The number of aromatic nitrogens is 2. The van der Waals surface area contributed by atoms with Crippen LogP contribution in [0.2, 0.25) is 0 Å². The summed E-state index contributed by atoms with van der Waals surface area (Å²) in [7, 11) is 1.57. The summed E-state index contributed by atoms with van der Waals surface area (Å²) in [5, 5.41) is 8.31. The average molecular weight is 391 g/mol. The van der Waals surface area contributed by atoms with E-state index in [1.807, 2.05) is 12.1 Å². The van der Waals surface area contributed by atoms with Crippen molar-refractivity contribution in [1.82, 2.24) is 15.1 Å². The molecule has 150 valence electrons. The summed E-state index contributed by atoms with van der Waals surface area (Å²) in [5.41, 5.74) is 2.49. The molecule has 6 nitrogen and oxygen atoms in total. The van der Waals surface area contributed by atoms with Crippen LogP contribution in [0.4, 0.5) is 0 Å². The Morgan fingerprint density at radius 1 is 1.00 bits per heavy atom. The molecule has 1 saturated heterocycles. The standard InChI is InChI=1S/C23H26N4O2/c1-26-23(29)20-12-6-5-11-19(20)21(25-26)22(28)24-15-17-9-3-4-10-18(17)16-27-13-7-2-8-14-27/h3-6,9-12H,2,7-8,13-16H2,1H3,(H,24,28)/p+1. The molecule has 4 rings (SSSR count). The van der Waals surface area contributed by atoms with E-state index >= 15 is 0 Å². The predicted octanol–water partition coefficient (Wildman–Crippen LogP) is 1.43. The van der Waals surface area contributed by atoms with Crippen LogP contribution in [0.1, 0.15) is 40.9 Å². The topological polar surface area (TPSA) is 68.4 Å². The third-order valence-electron chi connectivity index (χ3n) is 5.73. The first kappa shape index (κ1) is 19.3. The van der Waals surface area contributed by atoms with E-state index in [0.717, 1.165) is 12.1 Å². The first-order valence-electron chi connectivity index (χ1n) is 10.3. The molecule has 3 aromatic rings. The van der Waals surface area contributed by atoms with Gasteiger partial charge < -0.3 is 10.2 Å². The van der Waals surface area contributed by atoms with Gasteiger partial charge in [-0.2, -0.15) is 5.10 Å². The first-order chi connectivity index (χ1) is 14.1. The minimum atomic E-state index is -0.267. The van der Waals surface area contributed by atoms with Crippen LogP contribution in [0.25, 0.3) is 10.8 Å². The molecule has 0 radical (unpaired) electrons. The zero-order valence-corrected chi connectivity index (χ0v) is 16.8. The Kier molecular flexibility index (Phi) is 5.71. The Morgan fingerprint density at radius 2 is 1.66 bits per heavy atom. The summed E-state index contributed by atoms with van der Waals surface area (Å²) in [6.45, 7) is 3.87. The summed E-state index contributed by atoms with van der Waals surface area (Å²) in [4.78, 5) is 26.8. The fraction of sp³-hybridized carbons (Fsp3) is 0.348. The summed E-state index contributed by atoms with van der Waals surface area (Å²) in [6, 6.07) is 15.4. The highest BCUT2D eigenvalue weighted by Gasteiger charge is 2.18. The molecule has 1 amide bonds. The van der Waals surface area contributed by atoms with Gasteiger partial charge in [-0.25, -0.2) is 4.68 Å². The van der Waals surface area contributed by atoms with Crippen molar-refractivity contribution >= 4 is 16.7 Å². The van der Waals surface area contributed by atoms with E-state index < -0.39 is 0 Å². The molecular weight excluding hydrogens is 364 g/mol. The SMILES string of the molecule is Cn1nc(C(=O)NCc2ccccc2C[NH+]2CCCCC2)c2ccccc2c1=O. The van der Waals surface area contributed by atoms with Crippen molar-refractivity contribution in [3.63, 3.8) is 0 Å². The number of likely N-dealkylation sites (tertiary alicyclic amines) is 1. The van der Waals surface area contributed by atoms with Gasteiger partial charge >= 0.3 is 0 Å². The summed E-state index contributed by atoms with van der Waals surface area (Å²) < 4.78 is 1.23. The third-order valence-corrected chi connectivity index (χ3v) is 5.73. The molecule has 2 N–H and O–H groups in total. The normalized spacial score (nSPS) is 14.8. The summed E-state index contributed by atoms with van der Waals surface area (Å²) >= 11 is 0. The Labute approximate surface area is 170 Å². The van der Waals surface area contributed by atoms with Crippen LogP contribution < -0.4 is 15.8 Å². The summed E-state index contributed by atoms with van der Waals surface area (Å²) in [5.74, 6) is -0.267. The lowest BCUT2D eigenvalue weighted by Crippen LogP contribution is -3.11. The Hall–Kier alpha value is -2.99. The average Bonchev–Trinajstić information content (AvgIpc) is 2.76. The maximum Gasteiger partial charge on any atom is 0.274 e. The number of hydrogen-bond donors (Lipinski definition) is 2. The highest BCUT2D eigenvalue weighted by Crippen LogP contribution is 2.14. The van der Waals surface area contributed by atoms with Gasteiger partial charge in [0.25, 0.3) is 11.5 Å². The highest BCUT2D eigenvalue weighted by atomic mass is 16.2. The Bertz CT molecular complexity index is 1080. The van der Waals surface area contributed by atoms with Gasteiger partial charge in [-0.05, 0) is 30.9 Å². The van der Waals surface area contributed by atoms with Gasteiger partial charge in [-0.1, -0.05) is 42.5 Å². The van der Waals surface area contributed by atoms with E-state index in [0.29, 0.717) is 17.3 Å². The van der Waals surface area contributed by atoms with Gasteiger partial charge in [0.05, 0.1) is 18.5 Å². The highest BCUT2D eigenvalue weighted by molar-refractivity contribution is 6.04. The van der Waals surface area contributed by atoms with E-state index in [9.17, 15) is 9.59 Å². The smallest absolute Gasteiger partial charge is 0.274 e. The maximum atomic E-state index is 12.9. The van der Waals surface area contributed by atoms with Gasteiger partial charge in [-0.3, -0.25) is 9.59 Å². The number of nitrogens with zero attached hydrogens (tertiary/aromatic N) is 2. The van der Waals surface area contributed by atoms with E-state index in [-0.39, 0.29) is 17.2 Å². The van der Waals surface area contributed by atoms with Crippen LogP contribution >= 0.6 is 0 Å². The number of amides is 1. The van der Waals surface area contributed by atoms with Crippen LogP contribution in [-0.4, -0.2) is 28.8 Å². The number of carbonyl (C=O) groups excluding carboxylic acids is 1. The number of piperidine rings is 1. The maximum absolute atomic E-state index is 12.9. The molecule has 0 bridgehead atoms. The quantitative estimate of drug-likeness (QED) is 0.692. The fourth-order valence-electron chi connectivity index (χ4n) is 4.13. The molecule has 6 heteroatoms. The van der Waals surface area contributed by atoms with Crippen LogP contribution in [0.15, 0.2) is 53.3 Å². The molecule has 0 saturated carbocycles. The number of rotatable bonds is 5. The van der Waals surface area contributed by atoms with Crippen molar-refractivity contribution in [3.8, 4) is 0 Å². The molecule has 2 aromatic carbocycles. The predicted molar refractivity (Wildman–Crippen MR) is 113 cm³/mol. The minimum absolute atomic E-state index is 0.202. The second-order valence-electron chi connectivity index (χ2n) is 7.76.